The first-order valence-corrected chi connectivity index (χ1v) is 8.43. The van der Waals surface area contributed by atoms with Crippen molar-refractivity contribution in [3.05, 3.63) is 52.0 Å². The third-order valence-electron chi connectivity index (χ3n) is 4.24. The van der Waals surface area contributed by atoms with E-state index in [-0.39, 0.29) is 13.4 Å². The van der Waals surface area contributed by atoms with Crippen LogP contribution in [0, 0.1) is 6.92 Å². The largest absolute Gasteiger partial charge is 0.454 e. The number of aliphatic hydroxyl groups excluding tert-OH is 1. The van der Waals surface area contributed by atoms with Crippen LogP contribution < -0.4 is 9.47 Å². The summed E-state index contributed by atoms with van der Waals surface area (Å²) in [5.74, 6) is 1.56. The molecule has 118 valence electrons. The molecule has 0 amide bonds. The molecule has 0 radical (unpaired) electrons. The number of aliphatic hydroxyl groups is 1. The molecule has 1 N–H and O–H groups in total. The van der Waals surface area contributed by atoms with E-state index in [1.54, 1.807) is 11.3 Å². The van der Waals surface area contributed by atoms with Gasteiger partial charge in [0, 0.05) is 29.5 Å². The van der Waals surface area contributed by atoms with Crippen LogP contribution in [0.4, 0.5) is 0 Å². The number of benzene rings is 1. The van der Waals surface area contributed by atoms with Crippen molar-refractivity contribution in [3.8, 4) is 11.5 Å². The number of hydrogen-bond donors (Lipinski definition) is 1. The smallest absolute Gasteiger partial charge is 0.231 e. The number of pyridine rings is 1. The van der Waals surface area contributed by atoms with Crippen molar-refractivity contribution in [2.45, 2.75) is 19.8 Å². The van der Waals surface area contributed by atoms with Crippen LogP contribution in [-0.4, -0.2) is 23.5 Å². The molecule has 1 aliphatic heterocycles. The average Bonchev–Trinajstić information content (AvgIpc) is 3.13. The molecule has 2 aromatic heterocycles. The Balaban J connectivity index is 1.76. The van der Waals surface area contributed by atoms with Gasteiger partial charge >= 0.3 is 0 Å². The zero-order valence-electron chi connectivity index (χ0n) is 12.8. The van der Waals surface area contributed by atoms with Crippen LogP contribution in [0.15, 0.2) is 30.5 Å². The summed E-state index contributed by atoms with van der Waals surface area (Å²) in [4.78, 5) is 6.83. The first kappa shape index (κ1) is 14.5. The molecule has 0 atom stereocenters. The van der Waals surface area contributed by atoms with E-state index >= 15 is 0 Å². The van der Waals surface area contributed by atoms with Crippen LogP contribution >= 0.6 is 11.3 Å². The predicted octanol–water partition coefficient (Wildman–Crippen LogP) is 3.46. The van der Waals surface area contributed by atoms with Gasteiger partial charge in [0.05, 0.1) is 0 Å². The number of nitrogens with zero attached hydrogens (tertiary/aromatic N) is 1. The summed E-state index contributed by atoms with van der Waals surface area (Å²) < 4.78 is 11.0. The summed E-state index contributed by atoms with van der Waals surface area (Å²) in [6, 6.07) is 8.13. The van der Waals surface area contributed by atoms with Gasteiger partial charge in [-0.2, -0.15) is 0 Å². The van der Waals surface area contributed by atoms with E-state index in [1.807, 2.05) is 24.4 Å². The molecule has 3 aromatic rings. The molecule has 0 fully saturated rings. The lowest BCUT2D eigenvalue weighted by molar-refractivity contribution is 0.174. The first-order chi connectivity index (χ1) is 11.3. The number of hydrogen-bond acceptors (Lipinski definition) is 5. The molecular formula is C18H17NO3S. The van der Waals surface area contributed by atoms with E-state index in [9.17, 15) is 5.11 Å². The molecule has 1 aromatic carbocycles. The Morgan fingerprint density at radius 1 is 1.22 bits per heavy atom. The zero-order chi connectivity index (χ0) is 15.8. The van der Waals surface area contributed by atoms with Gasteiger partial charge in [0.2, 0.25) is 6.79 Å². The molecule has 0 bridgehead atoms. The molecule has 0 saturated heterocycles. The fourth-order valence-corrected chi connectivity index (χ4v) is 4.16. The second kappa shape index (κ2) is 5.83. The van der Waals surface area contributed by atoms with E-state index in [4.69, 9.17) is 9.47 Å². The maximum absolute atomic E-state index is 9.35. The Hall–Kier alpha value is -2.11. The van der Waals surface area contributed by atoms with Gasteiger partial charge in [-0.25, -0.2) is 4.98 Å². The Morgan fingerprint density at radius 3 is 2.74 bits per heavy atom. The number of thiophene rings is 1. The highest BCUT2D eigenvalue weighted by molar-refractivity contribution is 7.18. The van der Waals surface area contributed by atoms with E-state index in [2.05, 4.69) is 18.0 Å². The van der Waals surface area contributed by atoms with Gasteiger partial charge in [0.25, 0.3) is 0 Å². The highest BCUT2D eigenvalue weighted by Crippen LogP contribution is 2.37. The van der Waals surface area contributed by atoms with Crippen LogP contribution in [0.1, 0.15) is 21.6 Å². The van der Waals surface area contributed by atoms with Crippen molar-refractivity contribution in [2.75, 3.05) is 13.4 Å². The highest BCUT2D eigenvalue weighted by Gasteiger charge is 2.18. The molecule has 1 aliphatic rings. The number of aryl methyl sites for hydroxylation is 1. The van der Waals surface area contributed by atoms with Gasteiger partial charge < -0.3 is 14.6 Å². The molecule has 5 heteroatoms. The Labute approximate surface area is 138 Å². The first-order valence-electron chi connectivity index (χ1n) is 7.61. The summed E-state index contributed by atoms with van der Waals surface area (Å²) in [6.45, 7) is 2.54. The third kappa shape index (κ3) is 2.56. The molecule has 0 aliphatic carbocycles. The van der Waals surface area contributed by atoms with Crippen molar-refractivity contribution < 1.29 is 14.6 Å². The SMILES string of the molecule is Cc1c(Cc2cc3c(cc2CCO)OCO3)sc2ncccc12. The quantitative estimate of drug-likeness (QED) is 0.797. The van der Waals surface area contributed by atoms with Crippen molar-refractivity contribution in [3.63, 3.8) is 0 Å². The summed E-state index contributed by atoms with van der Waals surface area (Å²) >= 11 is 1.73. The molecular weight excluding hydrogens is 310 g/mol. The van der Waals surface area contributed by atoms with Crippen molar-refractivity contribution in [2.24, 2.45) is 0 Å². The Morgan fingerprint density at radius 2 is 2.00 bits per heavy atom. The van der Waals surface area contributed by atoms with Gasteiger partial charge in [-0.1, -0.05) is 6.07 Å². The third-order valence-corrected chi connectivity index (χ3v) is 5.46. The molecule has 0 saturated carbocycles. The van der Waals surface area contributed by atoms with Crippen LogP contribution in [0.5, 0.6) is 11.5 Å². The second-order valence-corrected chi connectivity index (χ2v) is 6.71. The average molecular weight is 327 g/mol. The van der Waals surface area contributed by atoms with E-state index in [0.717, 1.165) is 28.3 Å². The van der Waals surface area contributed by atoms with E-state index in [0.29, 0.717) is 6.42 Å². The lowest BCUT2D eigenvalue weighted by atomic mass is 9.99. The lowest BCUT2D eigenvalue weighted by Crippen LogP contribution is -1.99. The lowest BCUT2D eigenvalue weighted by Gasteiger charge is -2.10. The van der Waals surface area contributed by atoms with Gasteiger partial charge in [-0.05, 0) is 48.2 Å². The minimum absolute atomic E-state index is 0.125. The fraction of sp³-hybridized carbons (Fsp3) is 0.278. The Bertz CT molecular complexity index is 872. The van der Waals surface area contributed by atoms with E-state index < -0.39 is 0 Å². The fourth-order valence-electron chi connectivity index (χ4n) is 2.99. The summed E-state index contributed by atoms with van der Waals surface area (Å²) in [7, 11) is 0. The van der Waals surface area contributed by atoms with Gasteiger partial charge in [0.15, 0.2) is 11.5 Å². The second-order valence-electron chi connectivity index (χ2n) is 5.63. The topological polar surface area (TPSA) is 51.6 Å². The number of rotatable bonds is 4. The maximum atomic E-state index is 9.35. The molecule has 0 unspecified atom stereocenters. The van der Waals surface area contributed by atoms with Gasteiger partial charge in [-0.15, -0.1) is 11.3 Å². The van der Waals surface area contributed by atoms with Crippen LogP contribution in [-0.2, 0) is 12.8 Å². The van der Waals surface area contributed by atoms with E-state index in [1.165, 1.54) is 21.4 Å². The minimum Gasteiger partial charge on any atom is -0.454 e. The number of fused-ring (bicyclic) bond motifs is 2. The van der Waals surface area contributed by atoms with Gasteiger partial charge in [0.1, 0.15) is 4.83 Å². The van der Waals surface area contributed by atoms with Crippen molar-refractivity contribution in [1.29, 1.82) is 0 Å². The van der Waals surface area contributed by atoms with Crippen LogP contribution in [0.2, 0.25) is 0 Å². The molecule has 23 heavy (non-hydrogen) atoms. The molecule has 3 heterocycles. The predicted molar refractivity (Wildman–Crippen MR) is 90.5 cm³/mol. The maximum Gasteiger partial charge on any atom is 0.231 e. The highest BCUT2D eigenvalue weighted by atomic mass is 32.1. The molecule has 0 spiro atoms. The normalized spacial score (nSPS) is 13.0. The monoisotopic (exact) mass is 327 g/mol. The summed E-state index contributed by atoms with van der Waals surface area (Å²) in [5, 5.41) is 10.6. The van der Waals surface area contributed by atoms with Crippen LogP contribution in [0.25, 0.3) is 10.2 Å². The molecule has 4 nitrogen and oxygen atoms in total. The minimum atomic E-state index is 0.125. The zero-order valence-corrected chi connectivity index (χ0v) is 13.7. The van der Waals surface area contributed by atoms with Crippen molar-refractivity contribution in [1.82, 2.24) is 4.98 Å². The summed E-state index contributed by atoms with van der Waals surface area (Å²) in [5.41, 5.74) is 3.57. The number of aromatic nitrogens is 1. The van der Waals surface area contributed by atoms with Crippen LogP contribution in [0.3, 0.4) is 0 Å². The van der Waals surface area contributed by atoms with Gasteiger partial charge in [-0.3, -0.25) is 0 Å². The Kier molecular flexibility index (Phi) is 3.67. The standard InChI is InChI=1S/C18H17NO3S/c1-11-14-3-2-5-19-18(14)23-17(11)9-13-8-16-15(21-10-22-16)7-12(13)4-6-20/h2-3,5,7-8,20H,4,6,9-10H2,1H3. The molecule has 4 rings (SSSR count). The summed E-state index contributed by atoms with van der Waals surface area (Å²) in [6.07, 6.45) is 3.27. The number of ether oxygens (including phenoxy) is 2. The van der Waals surface area contributed by atoms with Crippen molar-refractivity contribution >= 4 is 21.6 Å².